The van der Waals surface area contributed by atoms with E-state index in [1.165, 1.54) is 15.6 Å². The lowest BCUT2D eigenvalue weighted by molar-refractivity contribution is -0.143. The van der Waals surface area contributed by atoms with Gasteiger partial charge in [0.2, 0.25) is 0 Å². The van der Waals surface area contributed by atoms with E-state index in [1.807, 2.05) is 12.1 Å². The van der Waals surface area contributed by atoms with E-state index in [2.05, 4.69) is 56.5 Å². The summed E-state index contributed by atoms with van der Waals surface area (Å²) < 4.78 is 7.92. The molecule has 3 aromatic rings. The molecule has 2 atom stereocenters. The van der Waals surface area contributed by atoms with E-state index in [-0.39, 0.29) is 12.0 Å². The minimum absolute atomic E-state index is 0.0502. The lowest BCUT2D eigenvalue weighted by Crippen LogP contribution is -2.41. The van der Waals surface area contributed by atoms with Gasteiger partial charge < -0.3 is 9.84 Å². The molecule has 0 amide bonds. The van der Waals surface area contributed by atoms with Crippen LogP contribution in [0, 0.1) is 5.92 Å². The SMILES string of the molecule is COc1ccc(Br)cc1C(c1csc2ccccc12)N1CCCC(C(=O)O)C1. The van der Waals surface area contributed by atoms with Crippen LogP contribution in [0.2, 0.25) is 0 Å². The van der Waals surface area contributed by atoms with Gasteiger partial charge in [-0.2, -0.15) is 0 Å². The van der Waals surface area contributed by atoms with Gasteiger partial charge in [0.25, 0.3) is 0 Å². The van der Waals surface area contributed by atoms with Gasteiger partial charge in [-0.25, -0.2) is 0 Å². The first-order chi connectivity index (χ1) is 13.6. The van der Waals surface area contributed by atoms with Crippen molar-refractivity contribution < 1.29 is 14.6 Å². The fourth-order valence-corrected chi connectivity index (χ4v) is 5.49. The van der Waals surface area contributed by atoms with E-state index in [0.29, 0.717) is 6.54 Å². The number of hydrogen-bond donors (Lipinski definition) is 1. The van der Waals surface area contributed by atoms with Crippen molar-refractivity contribution in [2.75, 3.05) is 20.2 Å². The summed E-state index contributed by atoms with van der Waals surface area (Å²) in [6.45, 7) is 1.41. The van der Waals surface area contributed by atoms with Crippen LogP contribution >= 0.6 is 27.3 Å². The van der Waals surface area contributed by atoms with E-state index in [9.17, 15) is 9.90 Å². The number of ether oxygens (including phenoxy) is 1. The molecular formula is C22H22BrNO3S. The first-order valence-electron chi connectivity index (χ1n) is 9.35. The first kappa shape index (κ1) is 19.4. The molecule has 2 aromatic carbocycles. The van der Waals surface area contributed by atoms with E-state index in [4.69, 9.17) is 4.74 Å². The average molecular weight is 460 g/mol. The van der Waals surface area contributed by atoms with Gasteiger partial charge in [0.15, 0.2) is 0 Å². The molecule has 1 N–H and O–H groups in total. The fraction of sp³-hybridized carbons (Fsp3) is 0.318. The minimum atomic E-state index is -0.708. The van der Waals surface area contributed by atoms with Crippen LogP contribution in [0.1, 0.15) is 30.0 Å². The Bertz CT molecular complexity index is 1000. The molecule has 0 spiro atoms. The maximum Gasteiger partial charge on any atom is 0.307 e. The third-order valence-corrected chi connectivity index (χ3v) is 6.93. The number of benzene rings is 2. The highest BCUT2D eigenvalue weighted by molar-refractivity contribution is 9.10. The monoisotopic (exact) mass is 459 g/mol. The summed E-state index contributed by atoms with van der Waals surface area (Å²) in [6, 6.07) is 14.4. The van der Waals surface area contributed by atoms with Crippen LogP contribution in [-0.2, 0) is 4.79 Å². The molecule has 6 heteroatoms. The molecule has 1 saturated heterocycles. The Morgan fingerprint density at radius 1 is 1.29 bits per heavy atom. The third kappa shape index (κ3) is 3.69. The highest BCUT2D eigenvalue weighted by Crippen LogP contribution is 2.42. The molecule has 0 radical (unpaired) electrons. The van der Waals surface area contributed by atoms with Crippen molar-refractivity contribution in [3.8, 4) is 5.75 Å². The van der Waals surface area contributed by atoms with Crippen molar-refractivity contribution in [2.45, 2.75) is 18.9 Å². The molecule has 28 heavy (non-hydrogen) atoms. The Morgan fingerprint density at radius 2 is 2.11 bits per heavy atom. The second-order valence-corrected chi connectivity index (χ2v) is 8.98. The number of carbonyl (C=O) groups is 1. The van der Waals surface area contributed by atoms with Crippen molar-refractivity contribution in [1.82, 2.24) is 4.90 Å². The Kier molecular flexibility index (Phi) is 5.71. The van der Waals surface area contributed by atoms with Crippen molar-refractivity contribution in [2.24, 2.45) is 5.92 Å². The zero-order valence-electron chi connectivity index (χ0n) is 15.6. The molecule has 2 heterocycles. The maximum absolute atomic E-state index is 11.7. The summed E-state index contributed by atoms with van der Waals surface area (Å²) in [5.41, 5.74) is 2.27. The highest BCUT2D eigenvalue weighted by atomic mass is 79.9. The average Bonchev–Trinajstić information content (AvgIpc) is 3.13. The van der Waals surface area contributed by atoms with Crippen LogP contribution in [0.4, 0.5) is 0 Å². The number of carboxylic acids is 1. The van der Waals surface area contributed by atoms with Crippen LogP contribution in [0.25, 0.3) is 10.1 Å². The molecular weight excluding hydrogens is 438 g/mol. The van der Waals surface area contributed by atoms with E-state index in [0.717, 1.165) is 35.2 Å². The van der Waals surface area contributed by atoms with Crippen LogP contribution in [-0.4, -0.2) is 36.2 Å². The smallest absolute Gasteiger partial charge is 0.307 e. The summed E-state index contributed by atoms with van der Waals surface area (Å²) in [4.78, 5) is 14.0. The Labute approximate surface area is 176 Å². The number of rotatable bonds is 5. The van der Waals surface area contributed by atoms with E-state index in [1.54, 1.807) is 18.4 Å². The van der Waals surface area contributed by atoms with Crippen molar-refractivity contribution >= 4 is 43.3 Å². The van der Waals surface area contributed by atoms with Gasteiger partial charge in [0.05, 0.1) is 19.1 Å². The molecule has 4 rings (SSSR count). The van der Waals surface area contributed by atoms with Gasteiger partial charge in [-0.3, -0.25) is 9.69 Å². The van der Waals surface area contributed by atoms with E-state index < -0.39 is 5.97 Å². The Balaban J connectivity index is 1.87. The number of aliphatic carboxylic acids is 1. The van der Waals surface area contributed by atoms with Gasteiger partial charge >= 0.3 is 5.97 Å². The zero-order valence-corrected chi connectivity index (χ0v) is 18.0. The largest absolute Gasteiger partial charge is 0.496 e. The number of carboxylic acid groups (broad SMARTS) is 1. The quantitative estimate of drug-likeness (QED) is 0.542. The van der Waals surface area contributed by atoms with Crippen LogP contribution in [0.5, 0.6) is 5.75 Å². The molecule has 0 aliphatic carbocycles. The lowest BCUT2D eigenvalue weighted by atomic mass is 9.91. The predicted molar refractivity (Wildman–Crippen MR) is 116 cm³/mol. The summed E-state index contributed by atoms with van der Waals surface area (Å²) in [6.07, 6.45) is 1.62. The summed E-state index contributed by atoms with van der Waals surface area (Å²) in [5, 5.41) is 13.0. The second kappa shape index (κ2) is 8.23. The molecule has 2 unspecified atom stereocenters. The van der Waals surface area contributed by atoms with Crippen LogP contribution in [0.15, 0.2) is 52.3 Å². The summed E-state index contributed by atoms with van der Waals surface area (Å²) in [7, 11) is 1.69. The number of nitrogens with zero attached hydrogens (tertiary/aromatic N) is 1. The van der Waals surface area contributed by atoms with Gasteiger partial charge in [-0.15, -0.1) is 11.3 Å². The van der Waals surface area contributed by atoms with Crippen molar-refractivity contribution in [3.05, 3.63) is 63.4 Å². The van der Waals surface area contributed by atoms with Crippen molar-refractivity contribution in [3.63, 3.8) is 0 Å². The number of fused-ring (bicyclic) bond motifs is 1. The van der Waals surface area contributed by atoms with Gasteiger partial charge in [-0.05, 0) is 60.0 Å². The number of hydrogen-bond acceptors (Lipinski definition) is 4. The van der Waals surface area contributed by atoms with Crippen LogP contribution in [0.3, 0.4) is 0 Å². The number of methoxy groups -OCH3 is 1. The first-order valence-corrected chi connectivity index (χ1v) is 11.0. The highest BCUT2D eigenvalue weighted by Gasteiger charge is 2.33. The topological polar surface area (TPSA) is 49.8 Å². The number of halogens is 1. The summed E-state index contributed by atoms with van der Waals surface area (Å²) >= 11 is 5.33. The minimum Gasteiger partial charge on any atom is -0.496 e. The molecule has 4 nitrogen and oxygen atoms in total. The number of likely N-dealkylation sites (tertiary alicyclic amines) is 1. The standard InChI is InChI=1S/C22H22BrNO3S/c1-27-19-9-8-15(23)11-17(19)21(24-10-4-5-14(12-24)22(25)26)18-13-28-20-7-3-2-6-16(18)20/h2-3,6-9,11,13-14,21H,4-5,10,12H2,1H3,(H,25,26). The zero-order chi connectivity index (χ0) is 19.7. The maximum atomic E-state index is 11.7. The lowest BCUT2D eigenvalue weighted by Gasteiger charge is -2.38. The van der Waals surface area contributed by atoms with Gasteiger partial charge in [-0.1, -0.05) is 34.1 Å². The van der Waals surface area contributed by atoms with Gasteiger partial charge in [0, 0.05) is 21.3 Å². The molecule has 1 aliphatic heterocycles. The molecule has 1 aromatic heterocycles. The molecule has 1 aliphatic rings. The Hall–Kier alpha value is -1.89. The molecule has 0 saturated carbocycles. The molecule has 146 valence electrons. The summed E-state index contributed by atoms with van der Waals surface area (Å²) in [5.74, 6) is -0.222. The Morgan fingerprint density at radius 3 is 2.89 bits per heavy atom. The molecule has 1 fully saturated rings. The molecule has 0 bridgehead atoms. The number of thiophene rings is 1. The second-order valence-electron chi connectivity index (χ2n) is 7.15. The normalized spacial score (nSPS) is 18.9. The van der Waals surface area contributed by atoms with Gasteiger partial charge in [0.1, 0.15) is 5.75 Å². The fourth-order valence-electron chi connectivity index (χ4n) is 4.13. The van der Waals surface area contributed by atoms with Crippen LogP contribution < -0.4 is 4.74 Å². The third-order valence-electron chi connectivity index (χ3n) is 5.46. The van der Waals surface area contributed by atoms with Crippen molar-refractivity contribution in [1.29, 1.82) is 0 Å². The number of piperidine rings is 1. The predicted octanol–water partition coefficient (Wildman–Crippen LogP) is 5.56. The van der Waals surface area contributed by atoms with E-state index >= 15 is 0 Å².